The first kappa shape index (κ1) is 35.3. The predicted octanol–water partition coefficient (Wildman–Crippen LogP) is 6.27. The molecule has 13 nitrogen and oxygen atoms in total. The molecule has 0 amide bonds. The molecular weight excluding hydrogens is 702 g/mol. The van der Waals surface area contributed by atoms with E-state index in [1.807, 2.05) is 30.3 Å². The van der Waals surface area contributed by atoms with Gasteiger partial charge in [0.2, 0.25) is 5.28 Å². The summed E-state index contributed by atoms with van der Waals surface area (Å²) in [5.41, 5.74) is 5.17. The standard InChI is InChI=1S/C39H32ClN5O8/c40-39-42-33(44-50-22-21-25-13-5-1-6-14-25)30-34(43-39)45(24-41-30)35-32(53-38(48)28-19-11-4-12-20-28)31(52-37(47)27-17-9-3-10-18-27)29(51-35)23-49-36(46)26-15-7-2-8-16-26/h1-20,24,29,31-32,35H,21-23H2,(H,42,43,44)/t29-,31-,32-,35-/m1/s1. The molecule has 268 valence electrons. The molecule has 0 radical (unpaired) electrons. The molecule has 6 aromatic rings. The third-order valence-corrected chi connectivity index (χ3v) is 8.52. The Kier molecular flexibility index (Phi) is 11.0. The second-order valence-corrected chi connectivity index (χ2v) is 12.2. The van der Waals surface area contributed by atoms with Crippen LogP contribution in [-0.2, 0) is 30.2 Å². The summed E-state index contributed by atoms with van der Waals surface area (Å²) >= 11 is 6.39. The van der Waals surface area contributed by atoms with Crippen LogP contribution in [0.15, 0.2) is 128 Å². The zero-order valence-corrected chi connectivity index (χ0v) is 28.7. The molecule has 7 rings (SSSR count). The summed E-state index contributed by atoms with van der Waals surface area (Å²) < 4.78 is 25.7. The van der Waals surface area contributed by atoms with E-state index < -0.39 is 42.4 Å². The molecule has 0 unspecified atom stereocenters. The number of halogens is 1. The number of rotatable bonds is 13. The predicted molar refractivity (Wildman–Crippen MR) is 192 cm³/mol. The number of esters is 3. The number of hydrogen-bond acceptors (Lipinski definition) is 12. The van der Waals surface area contributed by atoms with Gasteiger partial charge in [0.15, 0.2) is 35.4 Å². The molecule has 0 spiro atoms. The van der Waals surface area contributed by atoms with Crippen molar-refractivity contribution in [2.45, 2.75) is 31.0 Å². The van der Waals surface area contributed by atoms with Crippen molar-refractivity contribution in [2.75, 3.05) is 18.7 Å². The van der Waals surface area contributed by atoms with E-state index in [1.54, 1.807) is 91.0 Å². The third-order valence-electron chi connectivity index (χ3n) is 8.35. The lowest BCUT2D eigenvalue weighted by molar-refractivity contribution is -0.0606. The van der Waals surface area contributed by atoms with E-state index in [0.29, 0.717) is 18.6 Å². The van der Waals surface area contributed by atoms with Gasteiger partial charge in [0.1, 0.15) is 12.7 Å². The Morgan fingerprint density at radius 3 is 1.87 bits per heavy atom. The first-order chi connectivity index (χ1) is 25.9. The zero-order chi connectivity index (χ0) is 36.6. The SMILES string of the molecule is O=C(OC[C@H]1O[C@@H](n2cnc3c(NOCCc4ccccc4)nc(Cl)nc32)[C@H](OC(=O)c2ccccc2)[C@@H]1OC(=O)c1ccccc1)c1ccccc1. The molecule has 14 heteroatoms. The number of carbonyl (C=O) groups is 3. The average Bonchev–Trinajstić information content (AvgIpc) is 3.77. The maximum Gasteiger partial charge on any atom is 0.338 e. The normalized spacial score (nSPS) is 18.0. The molecule has 1 fully saturated rings. The summed E-state index contributed by atoms with van der Waals surface area (Å²) in [6, 6.07) is 34.9. The van der Waals surface area contributed by atoms with Gasteiger partial charge in [-0.15, -0.1) is 0 Å². The number of imidazole rings is 1. The highest BCUT2D eigenvalue weighted by atomic mass is 35.5. The fourth-order valence-electron chi connectivity index (χ4n) is 5.76. The smallest absolute Gasteiger partial charge is 0.338 e. The quantitative estimate of drug-likeness (QED) is 0.0468. The number of anilines is 1. The molecule has 53 heavy (non-hydrogen) atoms. The van der Waals surface area contributed by atoms with Gasteiger partial charge in [-0.2, -0.15) is 9.97 Å². The van der Waals surface area contributed by atoms with Crippen molar-refractivity contribution in [2.24, 2.45) is 0 Å². The van der Waals surface area contributed by atoms with E-state index in [2.05, 4.69) is 20.4 Å². The molecule has 4 atom stereocenters. The fourth-order valence-corrected chi connectivity index (χ4v) is 5.93. The molecule has 2 aromatic heterocycles. The number of nitrogens with zero attached hydrogens (tertiary/aromatic N) is 4. The van der Waals surface area contributed by atoms with Crippen LogP contribution in [0.2, 0.25) is 5.28 Å². The highest BCUT2D eigenvalue weighted by Gasteiger charge is 2.52. The van der Waals surface area contributed by atoms with Crippen LogP contribution in [0.4, 0.5) is 5.82 Å². The molecule has 3 heterocycles. The summed E-state index contributed by atoms with van der Waals surface area (Å²) in [7, 11) is 0. The Balaban J connectivity index is 1.21. The van der Waals surface area contributed by atoms with E-state index in [4.69, 9.17) is 35.4 Å². The lowest BCUT2D eigenvalue weighted by Gasteiger charge is -2.25. The summed E-state index contributed by atoms with van der Waals surface area (Å²) in [5, 5.41) is -0.135. The van der Waals surface area contributed by atoms with Crippen molar-refractivity contribution in [1.82, 2.24) is 19.5 Å². The third kappa shape index (κ3) is 8.33. The van der Waals surface area contributed by atoms with Gasteiger partial charge >= 0.3 is 17.9 Å². The van der Waals surface area contributed by atoms with Gasteiger partial charge in [0.05, 0.1) is 29.6 Å². The Bertz CT molecular complexity index is 2170. The summed E-state index contributed by atoms with van der Waals surface area (Å²) in [6.07, 6.45) is -2.82. The van der Waals surface area contributed by atoms with Gasteiger partial charge in [0.25, 0.3) is 0 Å². The van der Waals surface area contributed by atoms with Crippen LogP contribution in [0.25, 0.3) is 11.2 Å². The van der Waals surface area contributed by atoms with Crippen molar-refractivity contribution in [3.8, 4) is 0 Å². The number of ether oxygens (including phenoxy) is 4. The van der Waals surface area contributed by atoms with Crippen molar-refractivity contribution in [3.05, 3.63) is 155 Å². The summed E-state index contributed by atoms with van der Waals surface area (Å²) in [6.45, 7) is -0.0459. The molecule has 0 aliphatic carbocycles. The second kappa shape index (κ2) is 16.5. The van der Waals surface area contributed by atoms with E-state index in [1.165, 1.54) is 10.9 Å². The Morgan fingerprint density at radius 1 is 0.717 bits per heavy atom. The van der Waals surface area contributed by atoms with Crippen LogP contribution in [0, 0.1) is 0 Å². The topological polar surface area (TPSA) is 153 Å². The van der Waals surface area contributed by atoms with Crippen molar-refractivity contribution >= 4 is 46.5 Å². The Morgan fingerprint density at radius 2 is 1.26 bits per heavy atom. The number of benzene rings is 4. The average molecular weight is 734 g/mol. The lowest BCUT2D eigenvalue weighted by Crippen LogP contribution is -2.41. The van der Waals surface area contributed by atoms with Crippen LogP contribution < -0.4 is 5.48 Å². The van der Waals surface area contributed by atoms with E-state index in [-0.39, 0.29) is 40.0 Å². The molecule has 1 saturated heterocycles. The maximum atomic E-state index is 13.6. The fraction of sp³-hybridized carbons (Fsp3) is 0.179. The van der Waals surface area contributed by atoms with Gasteiger partial charge < -0.3 is 18.9 Å². The first-order valence-electron chi connectivity index (χ1n) is 16.7. The monoisotopic (exact) mass is 733 g/mol. The van der Waals surface area contributed by atoms with Crippen LogP contribution >= 0.6 is 11.6 Å². The lowest BCUT2D eigenvalue weighted by atomic mass is 10.1. The minimum atomic E-state index is -1.29. The number of aromatic nitrogens is 4. The Hall–Kier alpha value is -6.15. The molecular formula is C39H32ClN5O8. The van der Waals surface area contributed by atoms with Crippen molar-refractivity contribution < 1.29 is 38.2 Å². The van der Waals surface area contributed by atoms with Crippen LogP contribution in [0.5, 0.6) is 0 Å². The number of hydrogen-bond donors (Lipinski definition) is 1. The minimum absolute atomic E-state index is 0.135. The molecule has 0 saturated carbocycles. The van der Waals surface area contributed by atoms with E-state index >= 15 is 0 Å². The summed E-state index contributed by atoms with van der Waals surface area (Å²) in [4.78, 5) is 59.0. The molecule has 1 aliphatic heterocycles. The minimum Gasteiger partial charge on any atom is -0.459 e. The number of fused-ring (bicyclic) bond motifs is 1. The van der Waals surface area contributed by atoms with Crippen molar-refractivity contribution in [1.29, 1.82) is 0 Å². The zero-order valence-electron chi connectivity index (χ0n) is 28.0. The van der Waals surface area contributed by atoms with E-state index in [9.17, 15) is 14.4 Å². The summed E-state index contributed by atoms with van der Waals surface area (Å²) in [5.74, 6) is -1.86. The van der Waals surface area contributed by atoms with E-state index in [0.717, 1.165) is 5.56 Å². The van der Waals surface area contributed by atoms with Gasteiger partial charge in [-0.1, -0.05) is 84.9 Å². The van der Waals surface area contributed by atoms with Gasteiger partial charge in [-0.25, -0.2) is 24.8 Å². The van der Waals surface area contributed by atoms with Gasteiger partial charge in [0, 0.05) is 0 Å². The van der Waals surface area contributed by atoms with Crippen molar-refractivity contribution in [3.63, 3.8) is 0 Å². The molecule has 1 aliphatic rings. The maximum absolute atomic E-state index is 13.6. The Labute approximate surface area is 308 Å². The molecule has 4 aromatic carbocycles. The molecule has 0 bridgehead atoms. The molecule has 1 N–H and O–H groups in total. The van der Waals surface area contributed by atoms with Gasteiger partial charge in [-0.3, -0.25) is 9.40 Å². The second-order valence-electron chi connectivity index (χ2n) is 11.9. The highest BCUT2D eigenvalue weighted by molar-refractivity contribution is 6.28. The first-order valence-corrected chi connectivity index (χ1v) is 17.0. The van der Waals surface area contributed by atoms with Crippen LogP contribution in [0.3, 0.4) is 0 Å². The highest BCUT2D eigenvalue weighted by Crippen LogP contribution is 2.37. The van der Waals surface area contributed by atoms with Crippen LogP contribution in [0.1, 0.15) is 42.9 Å². The van der Waals surface area contributed by atoms with Crippen LogP contribution in [-0.4, -0.2) is 69.0 Å². The number of carbonyl (C=O) groups excluding carboxylic acids is 3. The largest absolute Gasteiger partial charge is 0.459 e. The number of nitrogens with one attached hydrogen (secondary N) is 1. The van der Waals surface area contributed by atoms with Gasteiger partial charge in [-0.05, 0) is 60.0 Å².